The third kappa shape index (κ3) is 2.00. The van der Waals surface area contributed by atoms with Gasteiger partial charge in [0, 0.05) is 14.2 Å². The maximum Gasteiger partial charge on any atom is 0.184 e. The second-order valence-electron chi connectivity index (χ2n) is 3.12. The standard InChI is InChI=1S/C8H16O5/c1-4-6(11-2)5(9)7(12-3)8(10)13-4/h4-10H,1-3H3/t4-,5+,6+,7-,8-/m0/s1. The third-order valence-electron chi connectivity index (χ3n) is 2.32. The summed E-state index contributed by atoms with van der Waals surface area (Å²) in [5, 5.41) is 19.0. The van der Waals surface area contributed by atoms with Crippen LogP contribution in [0.15, 0.2) is 0 Å². The molecule has 1 aliphatic heterocycles. The molecular weight excluding hydrogens is 176 g/mol. The van der Waals surface area contributed by atoms with Crippen molar-refractivity contribution in [2.24, 2.45) is 0 Å². The Kier molecular flexibility index (Phi) is 3.63. The molecule has 0 bridgehead atoms. The normalized spacial score (nSPS) is 46.4. The molecule has 1 saturated heterocycles. The zero-order chi connectivity index (χ0) is 10.0. The number of aliphatic hydroxyl groups excluding tert-OH is 2. The van der Waals surface area contributed by atoms with Gasteiger partial charge in [-0.3, -0.25) is 0 Å². The maximum absolute atomic E-state index is 9.68. The number of aliphatic hydroxyl groups is 2. The van der Waals surface area contributed by atoms with E-state index in [0.717, 1.165) is 0 Å². The van der Waals surface area contributed by atoms with Crippen LogP contribution < -0.4 is 0 Å². The number of methoxy groups -OCH3 is 2. The number of rotatable bonds is 2. The van der Waals surface area contributed by atoms with Gasteiger partial charge in [0.25, 0.3) is 0 Å². The highest BCUT2D eigenvalue weighted by atomic mass is 16.7. The molecule has 0 spiro atoms. The SMILES string of the molecule is CO[C@H]1[C@@H](O)[C@H](OC)[C@@H](O)O[C@H]1C. The Balaban J connectivity index is 2.69. The molecule has 78 valence electrons. The summed E-state index contributed by atoms with van der Waals surface area (Å²) < 4.78 is 15.0. The molecule has 0 aromatic carbocycles. The first-order valence-corrected chi connectivity index (χ1v) is 4.19. The molecule has 13 heavy (non-hydrogen) atoms. The van der Waals surface area contributed by atoms with E-state index < -0.39 is 24.6 Å². The molecule has 1 heterocycles. The molecule has 0 unspecified atom stereocenters. The van der Waals surface area contributed by atoms with Crippen molar-refractivity contribution in [3.63, 3.8) is 0 Å². The van der Waals surface area contributed by atoms with Crippen molar-refractivity contribution in [2.75, 3.05) is 14.2 Å². The summed E-state index contributed by atoms with van der Waals surface area (Å²) in [6.45, 7) is 1.73. The topological polar surface area (TPSA) is 68.2 Å². The average Bonchev–Trinajstić information content (AvgIpc) is 2.04. The summed E-state index contributed by atoms with van der Waals surface area (Å²) in [7, 11) is 2.89. The van der Waals surface area contributed by atoms with E-state index >= 15 is 0 Å². The van der Waals surface area contributed by atoms with Gasteiger partial charge in [-0.05, 0) is 6.92 Å². The second-order valence-corrected chi connectivity index (χ2v) is 3.12. The average molecular weight is 192 g/mol. The monoisotopic (exact) mass is 192 g/mol. The zero-order valence-electron chi connectivity index (χ0n) is 8.01. The second kappa shape index (κ2) is 4.34. The maximum atomic E-state index is 9.68. The Morgan fingerprint density at radius 3 is 2.08 bits per heavy atom. The molecule has 1 rings (SSSR count). The van der Waals surface area contributed by atoms with Gasteiger partial charge in [0.05, 0.1) is 6.10 Å². The first-order valence-electron chi connectivity index (χ1n) is 4.19. The van der Waals surface area contributed by atoms with Gasteiger partial charge in [0.2, 0.25) is 0 Å². The lowest BCUT2D eigenvalue weighted by atomic mass is 10.00. The largest absolute Gasteiger partial charge is 0.387 e. The number of ether oxygens (including phenoxy) is 3. The summed E-state index contributed by atoms with van der Waals surface area (Å²) >= 11 is 0. The minimum atomic E-state index is -1.10. The molecule has 0 radical (unpaired) electrons. The van der Waals surface area contributed by atoms with Crippen LogP contribution in [0.1, 0.15) is 6.92 Å². The molecule has 0 aromatic heterocycles. The van der Waals surface area contributed by atoms with Gasteiger partial charge in [0.1, 0.15) is 18.3 Å². The highest BCUT2D eigenvalue weighted by Gasteiger charge is 2.43. The highest BCUT2D eigenvalue weighted by Crippen LogP contribution is 2.23. The van der Waals surface area contributed by atoms with Crippen LogP contribution >= 0.6 is 0 Å². The molecule has 5 heteroatoms. The molecule has 0 aliphatic carbocycles. The van der Waals surface area contributed by atoms with Gasteiger partial charge in [0.15, 0.2) is 6.29 Å². The summed E-state index contributed by atoms with van der Waals surface area (Å²) in [6.07, 6.45) is -3.52. The predicted octanol–water partition coefficient (Wildman–Crippen LogP) is -0.886. The molecular formula is C8H16O5. The number of hydrogen-bond donors (Lipinski definition) is 2. The lowest BCUT2D eigenvalue weighted by Gasteiger charge is -2.40. The van der Waals surface area contributed by atoms with E-state index in [1.807, 2.05) is 0 Å². The van der Waals surface area contributed by atoms with Crippen molar-refractivity contribution in [3.8, 4) is 0 Å². The fourth-order valence-electron chi connectivity index (χ4n) is 1.59. The van der Waals surface area contributed by atoms with Crippen LogP contribution in [0, 0.1) is 0 Å². The van der Waals surface area contributed by atoms with E-state index in [-0.39, 0.29) is 6.10 Å². The minimum absolute atomic E-state index is 0.346. The summed E-state index contributed by atoms with van der Waals surface area (Å²) in [6, 6.07) is 0. The van der Waals surface area contributed by atoms with Crippen LogP contribution in [0.25, 0.3) is 0 Å². The van der Waals surface area contributed by atoms with Crippen molar-refractivity contribution in [2.45, 2.75) is 37.6 Å². The van der Waals surface area contributed by atoms with Crippen LogP contribution in [0.2, 0.25) is 0 Å². The fraction of sp³-hybridized carbons (Fsp3) is 1.00. The van der Waals surface area contributed by atoms with Crippen molar-refractivity contribution >= 4 is 0 Å². The van der Waals surface area contributed by atoms with Crippen LogP contribution in [0.3, 0.4) is 0 Å². The van der Waals surface area contributed by atoms with Crippen LogP contribution in [-0.2, 0) is 14.2 Å². The van der Waals surface area contributed by atoms with Gasteiger partial charge in [-0.15, -0.1) is 0 Å². The third-order valence-corrected chi connectivity index (χ3v) is 2.32. The number of hydrogen-bond acceptors (Lipinski definition) is 5. The van der Waals surface area contributed by atoms with Gasteiger partial charge >= 0.3 is 0 Å². The van der Waals surface area contributed by atoms with E-state index in [2.05, 4.69) is 0 Å². The van der Waals surface area contributed by atoms with Gasteiger partial charge < -0.3 is 24.4 Å². The molecule has 0 amide bonds. The Morgan fingerprint density at radius 1 is 1.08 bits per heavy atom. The lowest BCUT2D eigenvalue weighted by Crippen LogP contribution is -2.57. The van der Waals surface area contributed by atoms with Crippen LogP contribution in [-0.4, -0.2) is 55.1 Å². The fourth-order valence-corrected chi connectivity index (χ4v) is 1.59. The first kappa shape index (κ1) is 10.9. The Hall–Kier alpha value is -0.200. The Labute approximate surface area is 77.2 Å². The van der Waals surface area contributed by atoms with E-state index in [1.54, 1.807) is 6.92 Å². The Bertz CT molecular complexity index is 147. The zero-order valence-corrected chi connectivity index (χ0v) is 8.01. The molecule has 1 aliphatic rings. The first-order chi connectivity index (χ1) is 6.11. The molecule has 0 aromatic rings. The molecule has 1 fully saturated rings. The molecule has 0 saturated carbocycles. The van der Waals surface area contributed by atoms with Crippen molar-refractivity contribution in [1.29, 1.82) is 0 Å². The molecule has 5 atom stereocenters. The summed E-state index contributed by atoms with van der Waals surface area (Å²) in [5.41, 5.74) is 0. The van der Waals surface area contributed by atoms with E-state index in [1.165, 1.54) is 14.2 Å². The highest BCUT2D eigenvalue weighted by molar-refractivity contribution is 4.88. The van der Waals surface area contributed by atoms with Crippen molar-refractivity contribution in [3.05, 3.63) is 0 Å². The van der Waals surface area contributed by atoms with Crippen LogP contribution in [0.5, 0.6) is 0 Å². The van der Waals surface area contributed by atoms with Crippen molar-refractivity contribution in [1.82, 2.24) is 0 Å². The summed E-state index contributed by atoms with van der Waals surface area (Å²) in [4.78, 5) is 0. The van der Waals surface area contributed by atoms with Gasteiger partial charge in [-0.2, -0.15) is 0 Å². The van der Waals surface area contributed by atoms with E-state index in [9.17, 15) is 10.2 Å². The van der Waals surface area contributed by atoms with Crippen LogP contribution in [0.4, 0.5) is 0 Å². The molecule has 2 N–H and O–H groups in total. The summed E-state index contributed by atoms with van der Waals surface area (Å²) in [5.74, 6) is 0. The predicted molar refractivity (Wildman–Crippen MR) is 44.2 cm³/mol. The van der Waals surface area contributed by atoms with E-state index in [4.69, 9.17) is 14.2 Å². The van der Waals surface area contributed by atoms with Crippen molar-refractivity contribution < 1.29 is 24.4 Å². The lowest BCUT2D eigenvalue weighted by molar-refractivity contribution is -0.287. The smallest absolute Gasteiger partial charge is 0.184 e. The quantitative estimate of drug-likeness (QED) is 0.594. The van der Waals surface area contributed by atoms with Gasteiger partial charge in [-0.25, -0.2) is 0 Å². The Morgan fingerprint density at radius 2 is 1.62 bits per heavy atom. The minimum Gasteiger partial charge on any atom is -0.387 e. The van der Waals surface area contributed by atoms with E-state index in [0.29, 0.717) is 0 Å². The molecule has 5 nitrogen and oxygen atoms in total. The van der Waals surface area contributed by atoms with Gasteiger partial charge in [-0.1, -0.05) is 0 Å².